The molecule has 4 rings (SSSR count). The Morgan fingerprint density at radius 1 is 0.778 bits per heavy atom. The first-order chi connectivity index (χ1) is 17.6. The van der Waals surface area contributed by atoms with Crippen LogP contribution in [-0.2, 0) is 32.2 Å². The molecule has 0 aliphatic carbocycles. The zero-order chi connectivity index (χ0) is 25.2. The number of benzene rings is 3. The van der Waals surface area contributed by atoms with Gasteiger partial charge in [-0.05, 0) is 23.3 Å². The molecule has 3 aromatic carbocycles. The van der Waals surface area contributed by atoms with E-state index in [9.17, 15) is 9.59 Å². The van der Waals surface area contributed by atoms with Gasteiger partial charge in [0.05, 0.1) is 44.3 Å². The Bertz CT molecular complexity index is 1130. The second-order valence-electron chi connectivity index (χ2n) is 8.39. The molecule has 1 aliphatic rings. The highest BCUT2D eigenvalue weighted by Crippen LogP contribution is 2.32. The molecule has 3 aromatic rings. The maximum absolute atomic E-state index is 13.1. The van der Waals surface area contributed by atoms with Crippen molar-refractivity contribution in [2.45, 2.75) is 19.3 Å². The number of hydrogen-bond acceptors (Lipinski definition) is 6. The minimum Gasteiger partial charge on any atom is -0.447 e. The summed E-state index contributed by atoms with van der Waals surface area (Å²) in [5, 5.41) is 0. The Kier molecular flexibility index (Phi) is 9.04. The van der Waals surface area contributed by atoms with Crippen LogP contribution in [0.2, 0.25) is 0 Å². The van der Waals surface area contributed by atoms with Gasteiger partial charge in [0.2, 0.25) is 5.91 Å². The molecule has 0 unspecified atom stereocenters. The molecule has 2 N–H and O–H groups in total. The lowest BCUT2D eigenvalue weighted by molar-refractivity contribution is -0.119. The van der Waals surface area contributed by atoms with E-state index < -0.39 is 12.1 Å². The van der Waals surface area contributed by atoms with Gasteiger partial charge in [0.1, 0.15) is 12.6 Å². The van der Waals surface area contributed by atoms with Gasteiger partial charge in [-0.25, -0.2) is 4.79 Å². The molecule has 188 valence electrons. The molecule has 0 bridgehead atoms. The third kappa shape index (κ3) is 6.69. The fourth-order valence-corrected chi connectivity index (χ4v) is 3.97. The molecule has 0 aromatic heterocycles. The van der Waals surface area contributed by atoms with Gasteiger partial charge in [-0.2, -0.15) is 0 Å². The quantitative estimate of drug-likeness (QED) is 0.436. The van der Waals surface area contributed by atoms with Crippen LogP contribution >= 0.6 is 0 Å². The first kappa shape index (κ1) is 25.4. The van der Waals surface area contributed by atoms with Gasteiger partial charge >= 0.3 is 6.09 Å². The van der Waals surface area contributed by atoms with Crippen LogP contribution in [0.1, 0.15) is 11.1 Å². The smallest absolute Gasteiger partial charge is 0.414 e. The molecular formula is C28H31N3O5. The van der Waals surface area contributed by atoms with E-state index in [1.54, 1.807) is 17.0 Å². The zero-order valence-electron chi connectivity index (χ0n) is 20.1. The summed E-state index contributed by atoms with van der Waals surface area (Å²) < 4.78 is 16.8. The number of carbonyl (C=O) groups excluding carboxylic acids is 2. The summed E-state index contributed by atoms with van der Waals surface area (Å²) in [6, 6.07) is 25.9. The number of anilines is 2. The molecule has 1 heterocycles. The van der Waals surface area contributed by atoms with E-state index in [-0.39, 0.29) is 25.7 Å². The van der Waals surface area contributed by atoms with Crippen LogP contribution in [0.25, 0.3) is 0 Å². The first-order valence-electron chi connectivity index (χ1n) is 12.0. The topological polar surface area (TPSA) is 94.3 Å². The van der Waals surface area contributed by atoms with Crippen LogP contribution in [0.4, 0.5) is 16.2 Å². The summed E-state index contributed by atoms with van der Waals surface area (Å²) in [6.45, 7) is 1.88. The van der Waals surface area contributed by atoms with Crippen LogP contribution in [0.5, 0.6) is 0 Å². The van der Waals surface area contributed by atoms with Crippen LogP contribution in [0.3, 0.4) is 0 Å². The van der Waals surface area contributed by atoms with E-state index in [1.807, 2.05) is 72.8 Å². The fourth-order valence-electron chi connectivity index (χ4n) is 3.97. The maximum atomic E-state index is 13.1. The Morgan fingerprint density at radius 3 is 1.97 bits per heavy atom. The standard InChI is InChI=1S/C28H31N3O5/c29-24-19-31(28(33)36-18-17-35-21-23-11-5-2-6-12-23)26-14-8-7-13-25(26)30(27(24)32)15-16-34-20-22-9-3-1-4-10-22/h1-14,24H,15-21,29H2/t24-/m0/s1. The number of nitrogens with two attached hydrogens (primary N) is 1. The Hall–Kier alpha value is -3.72. The Morgan fingerprint density at radius 2 is 1.33 bits per heavy atom. The first-order valence-corrected chi connectivity index (χ1v) is 12.0. The number of ether oxygens (including phenoxy) is 3. The lowest BCUT2D eigenvalue weighted by atomic mass is 10.2. The largest absolute Gasteiger partial charge is 0.447 e. The second-order valence-corrected chi connectivity index (χ2v) is 8.39. The molecule has 0 fully saturated rings. The van der Waals surface area contributed by atoms with Crippen molar-refractivity contribution >= 4 is 23.4 Å². The number of amides is 2. The highest BCUT2D eigenvalue weighted by atomic mass is 16.6. The molecule has 36 heavy (non-hydrogen) atoms. The normalized spacial score (nSPS) is 15.4. The molecule has 0 radical (unpaired) electrons. The molecular weight excluding hydrogens is 458 g/mol. The summed E-state index contributed by atoms with van der Waals surface area (Å²) in [5.74, 6) is -0.271. The van der Waals surface area contributed by atoms with Gasteiger partial charge in [0.15, 0.2) is 0 Å². The predicted octanol–water partition coefficient (Wildman–Crippen LogP) is 3.74. The van der Waals surface area contributed by atoms with Crippen LogP contribution in [0, 0.1) is 0 Å². The molecule has 8 heteroatoms. The van der Waals surface area contributed by atoms with Gasteiger partial charge in [-0.15, -0.1) is 0 Å². The number of fused-ring (bicyclic) bond motifs is 1. The minimum atomic E-state index is -0.895. The number of rotatable bonds is 10. The maximum Gasteiger partial charge on any atom is 0.414 e. The molecule has 8 nitrogen and oxygen atoms in total. The van der Waals surface area contributed by atoms with Crippen molar-refractivity contribution in [1.82, 2.24) is 0 Å². The number of para-hydroxylation sites is 2. The summed E-state index contributed by atoms with van der Waals surface area (Å²) in [7, 11) is 0. The van der Waals surface area contributed by atoms with Crippen molar-refractivity contribution in [3.63, 3.8) is 0 Å². The summed E-state index contributed by atoms with van der Waals surface area (Å²) in [4.78, 5) is 29.1. The summed E-state index contributed by atoms with van der Waals surface area (Å²) in [5.41, 5.74) is 9.46. The van der Waals surface area contributed by atoms with E-state index in [0.29, 0.717) is 37.7 Å². The molecule has 0 spiro atoms. The van der Waals surface area contributed by atoms with E-state index >= 15 is 0 Å². The summed E-state index contributed by atoms with van der Waals surface area (Å²) >= 11 is 0. The van der Waals surface area contributed by atoms with E-state index in [2.05, 4.69) is 0 Å². The van der Waals surface area contributed by atoms with Crippen molar-refractivity contribution < 1.29 is 23.8 Å². The third-order valence-corrected chi connectivity index (χ3v) is 5.78. The van der Waals surface area contributed by atoms with E-state index in [1.165, 1.54) is 4.90 Å². The van der Waals surface area contributed by atoms with Gasteiger partial charge in [-0.1, -0.05) is 72.8 Å². The van der Waals surface area contributed by atoms with E-state index in [4.69, 9.17) is 19.9 Å². The summed E-state index contributed by atoms with van der Waals surface area (Å²) in [6.07, 6.45) is -0.573. The van der Waals surface area contributed by atoms with E-state index in [0.717, 1.165) is 11.1 Å². The van der Waals surface area contributed by atoms with Gasteiger partial charge < -0.3 is 24.8 Å². The molecule has 1 aliphatic heterocycles. The van der Waals surface area contributed by atoms with Crippen LogP contribution in [-0.4, -0.2) is 51.0 Å². The Labute approximate surface area is 211 Å². The third-order valence-electron chi connectivity index (χ3n) is 5.78. The minimum absolute atomic E-state index is 0.0148. The van der Waals surface area contributed by atoms with Gasteiger partial charge in [-0.3, -0.25) is 9.69 Å². The van der Waals surface area contributed by atoms with Crippen molar-refractivity contribution in [2.75, 3.05) is 42.7 Å². The molecule has 0 saturated heterocycles. The highest BCUT2D eigenvalue weighted by Gasteiger charge is 2.34. The van der Waals surface area contributed by atoms with Gasteiger partial charge in [0, 0.05) is 6.54 Å². The lowest BCUT2D eigenvalue weighted by Gasteiger charge is -2.25. The number of carbonyl (C=O) groups is 2. The SMILES string of the molecule is N[C@H]1CN(C(=O)OCCOCc2ccccc2)c2ccccc2N(CCOCc2ccccc2)C1=O. The lowest BCUT2D eigenvalue weighted by Crippen LogP contribution is -2.49. The van der Waals surface area contributed by atoms with Crippen molar-refractivity contribution in [3.05, 3.63) is 96.1 Å². The van der Waals surface area contributed by atoms with Gasteiger partial charge in [0.25, 0.3) is 0 Å². The molecule has 1 atom stereocenters. The number of nitrogens with zero attached hydrogens (tertiary/aromatic N) is 2. The second kappa shape index (κ2) is 12.8. The van der Waals surface area contributed by atoms with Crippen molar-refractivity contribution in [3.8, 4) is 0 Å². The average molecular weight is 490 g/mol. The van der Waals surface area contributed by atoms with Crippen molar-refractivity contribution in [2.24, 2.45) is 5.73 Å². The predicted molar refractivity (Wildman–Crippen MR) is 138 cm³/mol. The highest BCUT2D eigenvalue weighted by molar-refractivity contribution is 6.05. The van der Waals surface area contributed by atoms with Crippen LogP contribution < -0.4 is 15.5 Å². The van der Waals surface area contributed by atoms with Crippen LogP contribution in [0.15, 0.2) is 84.9 Å². The zero-order valence-corrected chi connectivity index (χ0v) is 20.1. The molecule has 2 amide bonds. The number of hydrogen-bond donors (Lipinski definition) is 1. The monoisotopic (exact) mass is 489 g/mol. The fraction of sp³-hybridized carbons (Fsp3) is 0.286. The average Bonchev–Trinajstić information content (AvgIpc) is 3.02. The van der Waals surface area contributed by atoms with Crippen molar-refractivity contribution in [1.29, 1.82) is 0 Å². The Balaban J connectivity index is 1.35. The molecule has 0 saturated carbocycles.